The third-order valence-corrected chi connectivity index (χ3v) is 2.24. The largest absolute Gasteiger partial charge is 0.493 e. The molecule has 1 fully saturated rings. The SMILES string of the molecule is CCOc1ccc(F)cc1[C@H]1OC(=O)NC1=O. The lowest BCUT2D eigenvalue weighted by molar-refractivity contribution is -0.123. The maximum atomic E-state index is 13.1. The molecule has 0 unspecified atom stereocenters. The van der Waals surface area contributed by atoms with Gasteiger partial charge in [0.25, 0.3) is 5.91 Å². The molecule has 0 bridgehead atoms. The molecule has 1 saturated heterocycles. The van der Waals surface area contributed by atoms with E-state index >= 15 is 0 Å². The van der Waals surface area contributed by atoms with E-state index in [1.54, 1.807) is 6.92 Å². The minimum atomic E-state index is -1.15. The number of nitrogens with one attached hydrogen (secondary N) is 1. The molecule has 1 N–H and O–H groups in total. The molecular formula is C11H10FNO4. The average molecular weight is 239 g/mol. The van der Waals surface area contributed by atoms with Crippen molar-refractivity contribution in [2.45, 2.75) is 13.0 Å². The number of ether oxygens (including phenoxy) is 2. The van der Waals surface area contributed by atoms with Gasteiger partial charge in [0.2, 0.25) is 6.10 Å². The molecule has 0 aromatic heterocycles. The van der Waals surface area contributed by atoms with Gasteiger partial charge in [0.1, 0.15) is 11.6 Å². The molecule has 0 radical (unpaired) electrons. The minimum Gasteiger partial charge on any atom is -0.493 e. The smallest absolute Gasteiger partial charge is 0.415 e. The number of carbonyl (C=O) groups is 2. The fourth-order valence-corrected chi connectivity index (χ4v) is 1.57. The molecule has 90 valence electrons. The van der Waals surface area contributed by atoms with Crippen LogP contribution in [0.1, 0.15) is 18.6 Å². The number of hydrogen-bond donors (Lipinski definition) is 1. The van der Waals surface area contributed by atoms with Crippen molar-refractivity contribution >= 4 is 12.0 Å². The number of carbonyl (C=O) groups excluding carboxylic acids is 2. The van der Waals surface area contributed by atoms with Crippen molar-refractivity contribution in [3.05, 3.63) is 29.6 Å². The summed E-state index contributed by atoms with van der Waals surface area (Å²) >= 11 is 0. The van der Waals surface area contributed by atoms with Crippen molar-refractivity contribution < 1.29 is 23.5 Å². The van der Waals surface area contributed by atoms with Crippen LogP contribution in [0.2, 0.25) is 0 Å². The van der Waals surface area contributed by atoms with Gasteiger partial charge >= 0.3 is 6.09 Å². The summed E-state index contributed by atoms with van der Waals surface area (Å²) in [4.78, 5) is 22.3. The highest BCUT2D eigenvalue weighted by Gasteiger charge is 2.35. The molecule has 1 atom stereocenters. The van der Waals surface area contributed by atoms with Crippen LogP contribution < -0.4 is 10.1 Å². The fraction of sp³-hybridized carbons (Fsp3) is 0.273. The standard InChI is InChI=1S/C11H10FNO4/c1-2-16-8-4-3-6(12)5-7(8)9-10(14)13-11(15)17-9/h3-5,9H,2H2,1H3,(H,13,14,15)/t9-/m1/s1. The first-order chi connectivity index (χ1) is 8.11. The van der Waals surface area contributed by atoms with Crippen molar-refractivity contribution in [3.63, 3.8) is 0 Å². The van der Waals surface area contributed by atoms with E-state index in [0.717, 1.165) is 6.07 Å². The molecule has 1 heterocycles. The molecular weight excluding hydrogens is 229 g/mol. The number of cyclic esters (lactones) is 1. The van der Waals surface area contributed by atoms with Gasteiger partial charge < -0.3 is 9.47 Å². The second kappa shape index (κ2) is 4.40. The second-order valence-electron chi connectivity index (χ2n) is 3.39. The van der Waals surface area contributed by atoms with Crippen LogP contribution in [0.5, 0.6) is 5.75 Å². The molecule has 1 aliphatic heterocycles. The van der Waals surface area contributed by atoms with Crippen LogP contribution in [0.25, 0.3) is 0 Å². The van der Waals surface area contributed by atoms with Gasteiger partial charge in [-0.15, -0.1) is 0 Å². The Morgan fingerprint density at radius 3 is 2.82 bits per heavy atom. The molecule has 2 rings (SSSR count). The number of imide groups is 1. The molecule has 1 aromatic rings. The minimum absolute atomic E-state index is 0.204. The van der Waals surface area contributed by atoms with Gasteiger partial charge in [-0.1, -0.05) is 0 Å². The molecule has 5 nitrogen and oxygen atoms in total. The van der Waals surface area contributed by atoms with Crippen LogP contribution in [0.4, 0.5) is 9.18 Å². The zero-order valence-corrected chi connectivity index (χ0v) is 9.03. The van der Waals surface area contributed by atoms with E-state index in [2.05, 4.69) is 0 Å². The summed E-state index contributed by atoms with van der Waals surface area (Å²) in [5, 5.41) is 1.98. The molecule has 17 heavy (non-hydrogen) atoms. The monoisotopic (exact) mass is 239 g/mol. The Kier molecular flexibility index (Phi) is 2.95. The lowest BCUT2D eigenvalue weighted by atomic mass is 10.1. The van der Waals surface area contributed by atoms with Crippen LogP contribution in [-0.4, -0.2) is 18.6 Å². The lowest BCUT2D eigenvalue weighted by Gasteiger charge is -2.12. The molecule has 6 heteroatoms. The zero-order chi connectivity index (χ0) is 12.4. The second-order valence-corrected chi connectivity index (χ2v) is 3.39. The number of hydrogen-bond acceptors (Lipinski definition) is 4. The maximum Gasteiger partial charge on any atom is 0.415 e. The Morgan fingerprint density at radius 1 is 1.47 bits per heavy atom. The van der Waals surface area contributed by atoms with Crippen molar-refractivity contribution in [1.29, 1.82) is 0 Å². The molecule has 1 aromatic carbocycles. The van der Waals surface area contributed by atoms with Gasteiger partial charge in [0.15, 0.2) is 0 Å². The predicted octanol–water partition coefficient (Wildman–Crippen LogP) is 1.53. The van der Waals surface area contributed by atoms with Gasteiger partial charge in [-0.3, -0.25) is 10.1 Å². The Bertz CT molecular complexity index is 475. The summed E-state index contributed by atoms with van der Waals surface area (Å²) in [5.74, 6) is -0.829. The summed E-state index contributed by atoms with van der Waals surface area (Å²) in [6.07, 6.45) is -1.99. The number of halogens is 1. The first-order valence-electron chi connectivity index (χ1n) is 5.05. The lowest BCUT2D eigenvalue weighted by Crippen LogP contribution is -2.20. The Morgan fingerprint density at radius 2 is 2.24 bits per heavy atom. The molecule has 2 amide bonds. The first-order valence-corrected chi connectivity index (χ1v) is 5.05. The molecule has 0 aliphatic carbocycles. The van der Waals surface area contributed by atoms with Gasteiger partial charge in [-0.05, 0) is 25.1 Å². The fourth-order valence-electron chi connectivity index (χ4n) is 1.57. The van der Waals surface area contributed by atoms with Gasteiger partial charge in [0, 0.05) is 5.56 Å². The summed E-state index contributed by atoms with van der Waals surface area (Å²) in [5.41, 5.74) is 0.204. The van der Waals surface area contributed by atoms with E-state index < -0.39 is 23.9 Å². The number of benzene rings is 1. The summed E-state index contributed by atoms with van der Waals surface area (Å²) < 4.78 is 23.1. The number of rotatable bonds is 3. The quantitative estimate of drug-likeness (QED) is 0.868. The topological polar surface area (TPSA) is 64.6 Å². The predicted molar refractivity (Wildman–Crippen MR) is 54.9 cm³/mol. The van der Waals surface area contributed by atoms with Gasteiger partial charge in [-0.2, -0.15) is 0 Å². The van der Waals surface area contributed by atoms with E-state index in [1.807, 2.05) is 5.32 Å². The van der Waals surface area contributed by atoms with Crippen molar-refractivity contribution in [3.8, 4) is 5.75 Å². The van der Waals surface area contributed by atoms with E-state index in [4.69, 9.17) is 9.47 Å². The van der Waals surface area contributed by atoms with Crippen molar-refractivity contribution in [2.75, 3.05) is 6.61 Å². The number of alkyl carbamates (subject to hydrolysis) is 1. The third-order valence-electron chi connectivity index (χ3n) is 2.24. The van der Waals surface area contributed by atoms with Gasteiger partial charge in [0.05, 0.1) is 6.61 Å². The first kappa shape index (κ1) is 11.4. The molecule has 0 spiro atoms. The van der Waals surface area contributed by atoms with E-state index in [9.17, 15) is 14.0 Å². The zero-order valence-electron chi connectivity index (χ0n) is 9.03. The van der Waals surface area contributed by atoms with E-state index in [1.165, 1.54) is 12.1 Å². The average Bonchev–Trinajstić information content (AvgIpc) is 2.61. The highest BCUT2D eigenvalue weighted by molar-refractivity contribution is 6.00. The molecule has 0 saturated carbocycles. The van der Waals surface area contributed by atoms with Crippen molar-refractivity contribution in [1.82, 2.24) is 5.32 Å². The summed E-state index contributed by atoms with van der Waals surface area (Å²) in [6, 6.07) is 3.73. The van der Waals surface area contributed by atoms with Crippen LogP contribution in [0, 0.1) is 5.82 Å². The highest BCUT2D eigenvalue weighted by Crippen LogP contribution is 2.31. The Balaban J connectivity index is 2.39. The van der Waals surface area contributed by atoms with Gasteiger partial charge in [-0.25, -0.2) is 9.18 Å². The summed E-state index contributed by atoms with van der Waals surface area (Å²) in [7, 11) is 0. The normalized spacial score (nSPS) is 18.8. The maximum absolute atomic E-state index is 13.1. The van der Waals surface area contributed by atoms with Crippen LogP contribution in [0.3, 0.4) is 0 Å². The highest BCUT2D eigenvalue weighted by atomic mass is 19.1. The van der Waals surface area contributed by atoms with E-state index in [-0.39, 0.29) is 5.56 Å². The summed E-state index contributed by atoms with van der Waals surface area (Å²) in [6.45, 7) is 2.12. The van der Waals surface area contributed by atoms with Crippen LogP contribution in [-0.2, 0) is 9.53 Å². The Labute approximate surface area is 96.5 Å². The third kappa shape index (κ3) is 2.20. The van der Waals surface area contributed by atoms with Crippen LogP contribution in [0.15, 0.2) is 18.2 Å². The van der Waals surface area contributed by atoms with Crippen LogP contribution >= 0.6 is 0 Å². The number of amides is 2. The van der Waals surface area contributed by atoms with Crippen molar-refractivity contribution in [2.24, 2.45) is 0 Å². The Hall–Kier alpha value is -2.11. The van der Waals surface area contributed by atoms with E-state index in [0.29, 0.717) is 12.4 Å². The molecule has 1 aliphatic rings.